The fourth-order valence-electron chi connectivity index (χ4n) is 7.84. The molecule has 1 saturated heterocycles. The van der Waals surface area contributed by atoms with E-state index in [9.17, 15) is 4.79 Å². The van der Waals surface area contributed by atoms with Crippen LogP contribution in [0.2, 0.25) is 0 Å². The molecule has 2 spiro atoms. The monoisotopic (exact) mass is 457 g/mol. The summed E-state index contributed by atoms with van der Waals surface area (Å²) in [5, 5.41) is 7.69. The van der Waals surface area contributed by atoms with E-state index >= 15 is 0 Å². The van der Waals surface area contributed by atoms with Gasteiger partial charge in [0, 0.05) is 19.1 Å². The zero-order valence-electron chi connectivity index (χ0n) is 20.9. The van der Waals surface area contributed by atoms with Crippen LogP contribution in [0.25, 0.3) is 0 Å². The van der Waals surface area contributed by atoms with Gasteiger partial charge in [-0.1, -0.05) is 63.0 Å². The molecule has 2 bridgehead atoms. The van der Waals surface area contributed by atoms with Crippen LogP contribution >= 0.6 is 0 Å². The van der Waals surface area contributed by atoms with E-state index in [-0.39, 0.29) is 16.6 Å². The number of rotatable bonds is 7. The Hall–Kier alpha value is -2.26. The van der Waals surface area contributed by atoms with Crippen LogP contribution in [0.5, 0.6) is 0 Å². The first-order chi connectivity index (χ1) is 16.4. The molecule has 2 heterocycles. The molecule has 2 saturated carbocycles. The fraction of sp³-hybridized carbons (Fsp3) is 0.548. The molecule has 5 rings (SSSR count). The van der Waals surface area contributed by atoms with Crippen molar-refractivity contribution in [1.82, 2.24) is 0 Å². The van der Waals surface area contributed by atoms with Crippen LogP contribution in [-0.2, 0) is 9.53 Å². The normalized spacial score (nSPS) is 39.0. The number of ketones is 1. The topological polar surface area (TPSA) is 50.2 Å². The van der Waals surface area contributed by atoms with Crippen molar-refractivity contribution in [3.8, 4) is 0 Å². The predicted octanol–water partition coefficient (Wildman–Crippen LogP) is 7.37. The van der Waals surface area contributed by atoms with Crippen molar-refractivity contribution in [2.45, 2.75) is 89.3 Å². The third kappa shape index (κ3) is 3.59. The quantitative estimate of drug-likeness (QED) is 0.246. The van der Waals surface area contributed by atoms with Gasteiger partial charge < -0.3 is 10.1 Å². The van der Waals surface area contributed by atoms with Gasteiger partial charge in [-0.3, -0.25) is 4.79 Å². The van der Waals surface area contributed by atoms with Gasteiger partial charge in [-0.2, -0.15) is 0 Å². The Morgan fingerprint density at radius 2 is 2.09 bits per heavy atom. The van der Waals surface area contributed by atoms with Gasteiger partial charge in [0.25, 0.3) is 0 Å². The third-order valence-corrected chi connectivity index (χ3v) is 9.42. The van der Waals surface area contributed by atoms with E-state index in [0.717, 1.165) is 56.9 Å². The number of hydrogen-bond acceptors (Lipinski definition) is 3. The first-order valence-corrected chi connectivity index (χ1v) is 13.2. The molecule has 2 aliphatic heterocycles. The van der Waals surface area contributed by atoms with E-state index in [2.05, 4.69) is 63.0 Å². The molecular formula is C31H39NO2. The molecular weight excluding hydrogens is 418 g/mol. The van der Waals surface area contributed by atoms with Gasteiger partial charge in [0.15, 0.2) is 0 Å². The summed E-state index contributed by atoms with van der Waals surface area (Å²) in [6.45, 7) is 8.70. The first-order valence-electron chi connectivity index (χ1n) is 13.2. The van der Waals surface area contributed by atoms with E-state index in [1.165, 1.54) is 22.9 Å². The second kappa shape index (κ2) is 8.75. The van der Waals surface area contributed by atoms with Crippen LogP contribution in [0.4, 0.5) is 0 Å². The number of Topliss-reactive ketones (excluding diaryl/α,β-unsaturated/α-hetero) is 1. The van der Waals surface area contributed by atoms with Gasteiger partial charge in [0.2, 0.25) is 0 Å². The Balaban J connectivity index is 1.49. The first kappa shape index (κ1) is 23.5. The van der Waals surface area contributed by atoms with Crippen LogP contribution in [0.15, 0.2) is 71.4 Å². The van der Waals surface area contributed by atoms with Crippen molar-refractivity contribution in [2.24, 2.45) is 17.3 Å². The number of ether oxygens (including phenoxy) is 1. The molecule has 3 heteroatoms. The average molecular weight is 458 g/mol. The Morgan fingerprint density at radius 3 is 2.88 bits per heavy atom. The smallest absolute Gasteiger partial charge is 0.136 e. The van der Waals surface area contributed by atoms with Crippen molar-refractivity contribution in [2.75, 3.05) is 0 Å². The molecule has 34 heavy (non-hydrogen) atoms. The highest BCUT2D eigenvalue weighted by molar-refractivity contribution is 5.82. The maximum Gasteiger partial charge on any atom is 0.136 e. The predicted molar refractivity (Wildman–Crippen MR) is 139 cm³/mol. The highest BCUT2D eigenvalue weighted by Gasteiger charge is 2.66. The molecule has 0 aromatic heterocycles. The van der Waals surface area contributed by atoms with Gasteiger partial charge in [-0.15, -0.1) is 0 Å². The summed E-state index contributed by atoms with van der Waals surface area (Å²) in [7, 11) is 0. The summed E-state index contributed by atoms with van der Waals surface area (Å²) in [6.07, 6.45) is 26.8. The molecule has 0 radical (unpaired) electrons. The fourth-order valence-corrected chi connectivity index (χ4v) is 7.84. The summed E-state index contributed by atoms with van der Waals surface area (Å²) in [6, 6.07) is 0. The third-order valence-electron chi connectivity index (χ3n) is 9.42. The number of carbonyl (C=O) groups is 1. The minimum absolute atomic E-state index is 0.0940. The summed E-state index contributed by atoms with van der Waals surface area (Å²) < 4.78 is 7.13. The van der Waals surface area contributed by atoms with E-state index in [0.29, 0.717) is 30.5 Å². The molecule has 3 aliphatic carbocycles. The molecule has 180 valence electrons. The van der Waals surface area contributed by atoms with E-state index in [4.69, 9.17) is 10.1 Å². The summed E-state index contributed by atoms with van der Waals surface area (Å²) in [5.74, 6) is 1.22. The van der Waals surface area contributed by atoms with Gasteiger partial charge in [0.1, 0.15) is 5.78 Å². The molecule has 0 aromatic rings. The zero-order valence-corrected chi connectivity index (χ0v) is 20.9. The second-order valence-electron chi connectivity index (χ2n) is 11.3. The number of allylic oxidation sites excluding steroid dienone is 8. The lowest BCUT2D eigenvalue weighted by Gasteiger charge is -2.54. The van der Waals surface area contributed by atoms with Crippen LogP contribution in [0.1, 0.15) is 78.1 Å². The molecule has 3 nitrogen and oxygen atoms in total. The highest BCUT2D eigenvalue weighted by Crippen LogP contribution is 2.68. The SMILES string of the molecule is C=C(C=N)/C=C(\C=C/C/C=C\CC)C1CCC2C1(C)CC=C1C=C3CCC(=O)C[C@]34CC[C@@]12O4. The van der Waals surface area contributed by atoms with Crippen molar-refractivity contribution in [3.63, 3.8) is 0 Å². The molecule has 3 fully saturated rings. The van der Waals surface area contributed by atoms with Crippen LogP contribution in [-0.4, -0.2) is 23.2 Å². The number of fused-ring (bicyclic) bond motifs is 1. The van der Waals surface area contributed by atoms with Crippen molar-refractivity contribution >= 4 is 12.0 Å². The van der Waals surface area contributed by atoms with E-state index in [1.54, 1.807) is 0 Å². The van der Waals surface area contributed by atoms with E-state index < -0.39 is 0 Å². The highest BCUT2D eigenvalue weighted by atomic mass is 16.5. The molecule has 0 aromatic carbocycles. The summed E-state index contributed by atoms with van der Waals surface area (Å²) >= 11 is 0. The lowest BCUT2D eigenvalue weighted by Crippen LogP contribution is -2.54. The molecule has 3 unspecified atom stereocenters. The summed E-state index contributed by atoms with van der Waals surface area (Å²) in [5.41, 5.74) is 4.34. The molecule has 1 N–H and O–H groups in total. The average Bonchev–Trinajstić information content (AvgIpc) is 3.33. The van der Waals surface area contributed by atoms with E-state index in [1.807, 2.05) is 0 Å². The lowest BCUT2D eigenvalue weighted by atomic mass is 9.57. The van der Waals surface area contributed by atoms with Gasteiger partial charge in [0.05, 0.1) is 11.2 Å². The minimum atomic E-state index is -0.332. The molecule has 5 atom stereocenters. The molecule has 5 aliphatic rings. The second-order valence-corrected chi connectivity index (χ2v) is 11.3. The van der Waals surface area contributed by atoms with Crippen LogP contribution in [0.3, 0.4) is 0 Å². The zero-order chi connectivity index (χ0) is 24.0. The molecule has 0 amide bonds. The lowest BCUT2D eigenvalue weighted by molar-refractivity contribution is -0.147. The maximum absolute atomic E-state index is 12.4. The van der Waals surface area contributed by atoms with Crippen molar-refractivity contribution in [1.29, 1.82) is 5.41 Å². The Kier molecular flexibility index (Phi) is 6.04. The standard InChI is InChI=1S/C31H39NO2/c1-4-5-6-7-8-9-23(18-22(2)21-32)27-12-13-28-29(27,3)15-14-25-19-24-10-11-26(33)20-30(24)16-17-31(25,28)34-30/h5-6,8-9,14,18-19,21,27-28,32H,2,4,7,10-13,15-17,20H2,1,3H3/b6-5-,9-8-,23-18+,32-21?/t27?,28?,29?,30-,31-/m1/s1. The largest absolute Gasteiger partial charge is 0.359 e. The number of nitrogens with one attached hydrogen (secondary N) is 1. The van der Waals surface area contributed by atoms with Crippen molar-refractivity contribution < 1.29 is 9.53 Å². The van der Waals surface area contributed by atoms with Gasteiger partial charge in [-0.25, -0.2) is 0 Å². The Bertz CT molecular complexity index is 1060. The maximum atomic E-state index is 12.4. The van der Waals surface area contributed by atoms with Gasteiger partial charge in [-0.05, 0) is 90.9 Å². The Labute approximate surface area is 204 Å². The van der Waals surface area contributed by atoms with Crippen molar-refractivity contribution in [3.05, 3.63) is 71.4 Å². The van der Waals surface area contributed by atoms with Gasteiger partial charge >= 0.3 is 0 Å². The van der Waals surface area contributed by atoms with Crippen LogP contribution < -0.4 is 0 Å². The summed E-state index contributed by atoms with van der Waals surface area (Å²) in [4.78, 5) is 12.4. The Morgan fingerprint density at radius 1 is 1.24 bits per heavy atom. The number of hydrogen-bond donors (Lipinski definition) is 1. The minimum Gasteiger partial charge on any atom is -0.359 e. The van der Waals surface area contributed by atoms with Crippen LogP contribution in [0, 0.1) is 22.7 Å². The number of carbonyl (C=O) groups excluding carboxylic acids is 1.